The number of rotatable bonds is 7. The van der Waals surface area contributed by atoms with Crippen LogP contribution in [0, 0.1) is 6.92 Å². The number of alkyl halides is 3. The molecule has 0 unspecified atom stereocenters. The molecule has 0 atom stereocenters. The molecule has 0 aliphatic carbocycles. The third-order valence-corrected chi connectivity index (χ3v) is 5.34. The van der Waals surface area contributed by atoms with Gasteiger partial charge in [0.05, 0.1) is 23.4 Å². The van der Waals surface area contributed by atoms with Gasteiger partial charge in [-0.15, -0.1) is 5.10 Å². The quantitative estimate of drug-likeness (QED) is 0.307. The summed E-state index contributed by atoms with van der Waals surface area (Å²) in [6.45, 7) is 6.19. The fraction of sp³-hybridized carbons (Fsp3) is 0.292. The molecule has 0 spiro atoms. The molecule has 0 saturated carbocycles. The molecular weight excluding hydrogens is 467 g/mol. The second-order valence-corrected chi connectivity index (χ2v) is 8.12. The molecule has 2 aromatic heterocycles. The molecule has 0 aliphatic heterocycles. The third kappa shape index (κ3) is 4.79. The summed E-state index contributed by atoms with van der Waals surface area (Å²) in [4.78, 5) is 9.31. The summed E-state index contributed by atoms with van der Waals surface area (Å²) in [7, 11) is 0. The average molecular weight is 490 g/mol. The van der Waals surface area contributed by atoms with Gasteiger partial charge in [-0.25, -0.2) is 14.5 Å². The van der Waals surface area contributed by atoms with Crippen LogP contribution in [0.5, 0.6) is 5.75 Å². The molecule has 4 aromatic rings. The van der Waals surface area contributed by atoms with E-state index in [9.17, 15) is 13.2 Å². The Balaban J connectivity index is 1.92. The number of hydrogen-bond acceptors (Lipinski definition) is 5. The van der Waals surface area contributed by atoms with Gasteiger partial charge in [0.2, 0.25) is 0 Å². The van der Waals surface area contributed by atoms with Crippen molar-refractivity contribution in [3.63, 3.8) is 0 Å². The maximum Gasteiger partial charge on any atom is 0.416 e. The summed E-state index contributed by atoms with van der Waals surface area (Å²) < 4.78 is 47.5. The zero-order chi connectivity index (χ0) is 24.5. The number of para-hydroxylation sites is 1. The second-order valence-electron chi connectivity index (χ2n) is 7.69. The van der Waals surface area contributed by atoms with Gasteiger partial charge in [-0.2, -0.15) is 13.2 Å². The number of hydrogen-bond donors (Lipinski definition) is 1. The average Bonchev–Trinajstić information content (AvgIpc) is 3.09. The van der Waals surface area contributed by atoms with E-state index < -0.39 is 11.7 Å². The van der Waals surface area contributed by atoms with Gasteiger partial charge in [0.25, 0.3) is 0 Å². The minimum Gasteiger partial charge on any atom is -0.493 e. The van der Waals surface area contributed by atoms with Crippen molar-refractivity contribution in [3.8, 4) is 17.1 Å². The van der Waals surface area contributed by atoms with Crippen molar-refractivity contribution in [1.82, 2.24) is 19.6 Å². The van der Waals surface area contributed by atoms with E-state index in [1.807, 2.05) is 45.0 Å². The smallest absolute Gasteiger partial charge is 0.416 e. The summed E-state index contributed by atoms with van der Waals surface area (Å²) in [5.41, 5.74) is 1.20. The number of aryl methyl sites for hydroxylation is 2. The van der Waals surface area contributed by atoms with E-state index >= 15 is 0 Å². The Morgan fingerprint density at radius 3 is 2.56 bits per heavy atom. The normalized spacial score (nSPS) is 11.7. The summed E-state index contributed by atoms with van der Waals surface area (Å²) in [6.07, 6.45) is -3.02. The van der Waals surface area contributed by atoms with Crippen molar-refractivity contribution in [1.29, 1.82) is 0 Å². The van der Waals surface area contributed by atoms with E-state index in [0.717, 1.165) is 24.4 Å². The van der Waals surface area contributed by atoms with Gasteiger partial charge in [-0.1, -0.05) is 30.7 Å². The number of nitrogens with zero attached hydrogens (tertiary/aromatic N) is 4. The molecule has 0 radical (unpaired) electrons. The van der Waals surface area contributed by atoms with Crippen LogP contribution in [0.4, 0.5) is 24.7 Å². The van der Waals surface area contributed by atoms with Crippen LogP contribution in [0.1, 0.15) is 37.4 Å². The highest BCUT2D eigenvalue weighted by molar-refractivity contribution is 6.31. The van der Waals surface area contributed by atoms with Crippen LogP contribution in [0.3, 0.4) is 0 Å². The zero-order valence-corrected chi connectivity index (χ0v) is 19.6. The molecule has 0 bridgehead atoms. The zero-order valence-electron chi connectivity index (χ0n) is 18.9. The molecule has 2 heterocycles. The lowest BCUT2D eigenvalue weighted by molar-refractivity contribution is -0.137. The second kappa shape index (κ2) is 9.50. The predicted octanol–water partition coefficient (Wildman–Crippen LogP) is 6.87. The molecule has 4 rings (SSSR count). The Morgan fingerprint density at radius 2 is 1.85 bits per heavy atom. The standard InChI is InChI=1S/C24H23ClF3N5O/c1-4-8-20-29-14(3)21-23(30-17-12-15(24(26,27)28)11-16(25)13-17)31-22(32-33(20)21)18-9-6-7-10-19(18)34-5-2/h6-7,9-13H,4-5,8H2,1-3H3,(H,30,31,32). The third-order valence-electron chi connectivity index (χ3n) is 5.12. The van der Waals surface area contributed by atoms with Crippen molar-refractivity contribution in [2.75, 3.05) is 11.9 Å². The lowest BCUT2D eigenvalue weighted by atomic mass is 10.2. The first-order valence-electron chi connectivity index (χ1n) is 10.8. The van der Waals surface area contributed by atoms with E-state index in [-0.39, 0.29) is 10.7 Å². The maximum atomic E-state index is 13.4. The number of imidazole rings is 1. The first kappa shape index (κ1) is 23.8. The van der Waals surface area contributed by atoms with Gasteiger partial charge in [0.1, 0.15) is 17.1 Å². The molecule has 0 saturated heterocycles. The highest BCUT2D eigenvalue weighted by Crippen LogP contribution is 2.35. The lowest BCUT2D eigenvalue weighted by Gasteiger charge is -2.14. The fourth-order valence-electron chi connectivity index (χ4n) is 3.71. The van der Waals surface area contributed by atoms with Crippen molar-refractivity contribution < 1.29 is 17.9 Å². The number of aromatic nitrogens is 4. The van der Waals surface area contributed by atoms with Gasteiger partial charge in [0.15, 0.2) is 11.6 Å². The van der Waals surface area contributed by atoms with E-state index in [0.29, 0.717) is 47.2 Å². The van der Waals surface area contributed by atoms with Gasteiger partial charge in [-0.3, -0.25) is 0 Å². The van der Waals surface area contributed by atoms with E-state index in [4.69, 9.17) is 21.4 Å². The van der Waals surface area contributed by atoms with Crippen LogP contribution in [0.25, 0.3) is 16.9 Å². The first-order valence-corrected chi connectivity index (χ1v) is 11.2. The monoisotopic (exact) mass is 489 g/mol. The molecule has 0 amide bonds. The number of benzene rings is 2. The van der Waals surface area contributed by atoms with Crippen LogP contribution >= 0.6 is 11.6 Å². The van der Waals surface area contributed by atoms with Crippen molar-refractivity contribution in [2.24, 2.45) is 0 Å². The minimum absolute atomic E-state index is 0.0405. The first-order chi connectivity index (χ1) is 16.2. The molecule has 0 fully saturated rings. The summed E-state index contributed by atoms with van der Waals surface area (Å²) in [5.74, 6) is 2.01. The predicted molar refractivity (Wildman–Crippen MR) is 126 cm³/mol. The molecular formula is C24H23ClF3N5O. The van der Waals surface area contributed by atoms with Crippen LogP contribution < -0.4 is 10.1 Å². The summed E-state index contributed by atoms with van der Waals surface area (Å²) >= 11 is 5.99. The molecule has 178 valence electrons. The highest BCUT2D eigenvalue weighted by Gasteiger charge is 2.31. The van der Waals surface area contributed by atoms with Crippen LogP contribution in [0.15, 0.2) is 42.5 Å². The lowest BCUT2D eigenvalue weighted by Crippen LogP contribution is -2.09. The Labute approximate surface area is 199 Å². The Kier molecular flexibility index (Phi) is 6.65. The van der Waals surface area contributed by atoms with Gasteiger partial charge < -0.3 is 10.1 Å². The van der Waals surface area contributed by atoms with Gasteiger partial charge in [-0.05, 0) is 50.6 Å². The van der Waals surface area contributed by atoms with Crippen molar-refractivity contribution in [3.05, 3.63) is 64.6 Å². The molecule has 1 N–H and O–H groups in total. The number of halogens is 4. The van der Waals surface area contributed by atoms with Crippen molar-refractivity contribution in [2.45, 2.75) is 39.8 Å². The number of anilines is 2. The maximum absolute atomic E-state index is 13.4. The van der Waals surface area contributed by atoms with E-state index in [1.165, 1.54) is 6.07 Å². The Morgan fingerprint density at radius 1 is 1.09 bits per heavy atom. The topological polar surface area (TPSA) is 64.3 Å². The van der Waals surface area contributed by atoms with Crippen molar-refractivity contribution >= 4 is 28.6 Å². The number of fused-ring (bicyclic) bond motifs is 1. The number of nitrogens with one attached hydrogen (secondary N) is 1. The largest absolute Gasteiger partial charge is 0.493 e. The molecule has 34 heavy (non-hydrogen) atoms. The van der Waals surface area contributed by atoms with Gasteiger partial charge in [0, 0.05) is 17.1 Å². The van der Waals surface area contributed by atoms with Crippen LogP contribution in [-0.4, -0.2) is 26.2 Å². The molecule has 6 nitrogen and oxygen atoms in total. The Hall–Kier alpha value is -3.33. The SMILES string of the molecule is CCCc1nc(C)c2c(Nc3cc(Cl)cc(C(F)(F)F)c3)nc(-c3ccccc3OCC)nn12. The molecule has 2 aromatic carbocycles. The fourth-order valence-corrected chi connectivity index (χ4v) is 3.95. The van der Waals surface area contributed by atoms with Crippen LogP contribution in [-0.2, 0) is 12.6 Å². The summed E-state index contributed by atoms with van der Waals surface area (Å²) in [5, 5.41) is 7.70. The van der Waals surface area contributed by atoms with E-state index in [2.05, 4.69) is 15.3 Å². The molecule has 0 aliphatic rings. The van der Waals surface area contributed by atoms with Gasteiger partial charge >= 0.3 is 6.18 Å². The highest BCUT2D eigenvalue weighted by atomic mass is 35.5. The van der Waals surface area contributed by atoms with Crippen LogP contribution in [0.2, 0.25) is 5.02 Å². The minimum atomic E-state index is -4.54. The summed E-state index contributed by atoms with van der Waals surface area (Å²) in [6, 6.07) is 10.6. The Bertz CT molecular complexity index is 1340. The van der Waals surface area contributed by atoms with E-state index in [1.54, 1.807) is 4.52 Å². The molecule has 10 heteroatoms. The number of ether oxygens (including phenoxy) is 1.